The molecule has 0 aromatic rings. The van der Waals surface area contributed by atoms with Gasteiger partial charge in [0.25, 0.3) is 0 Å². The molecule has 2 heteroatoms. The molecule has 0 aliphatic carbocycles. The Morgan fingerprint density at radius 3 is 1.70 bits per heavy atom. The molecule has 2 atom stereocenters. The predicted molar refractivity (Wildman–Crippen MR) is 41.7 cm³/mol. The lowest BCUT2D eigenvalue weighted by Crippen LogP contribution is -2.23. The van der Waals surface area contributed by atoms with E-state index in [1.165, 1.54) is 0 Å². The standard InChI is InChI=1S/C8H16O2/c1-5(2)8(10)6(3)7(4)9/h5,7-10H,3H2,1-2,4H3/t7-,8+/m1/s1. The first-order valence-corrected chi connectivity index (χ1v) is 3.51. The summed E-state index contributed by atoms with van der Waals surface area (Å²) in [5.41, 5.74) is 0.495. The topological polar surface area (TPSA) is 40.5 Å². The fourth-order valence-electron chi connectivity index (χ4n) is 0.675. The Balaban J connectivity index is 3.95. The SMILES string of the molecule is C=C([C@@H](O)C(C)C)[C@@H](C)O. The molecule has 10 heavy (non-hydrogen) atoms. The van der Waals surface area contributed by atoms with Crippen LogP contribution in [0.4, 0.5) is 0 Å². The highest BCUT2D eigenvalue weighted by Gasteiger charge is 2.15. The second kappa shape index (κ2) is 3.74. The Labute approximate surface area is 62.2 Å². The van der Waals surface area contributed by atoms with Crippen molar-refractivity contribution in [2.24, 2.45) is 5.92 Å². The molecule has 0 aliphatic rings. The Morgan fingerprint density at radius 2 is 1.60 bits per heavy atom. The van der Waals surface area contributed by atoms with Crippen LogP contribution >= 0.6 is 0 Å². The molecule has 0 fully saturated rings. The van der Waals surface area contributed by atoms with Crippen LogP contribution in [0, 0.1) is 5.92 Å². The number of aliphatic hydroxyl groups is 2. The van der Waals surface area contributed by atoms with Crippen LogP contribution in [0.15, 0.2) is 12.2 Å². The molecule has 0 radical (unpaired) electrons. The number of aliphatic hydroxyl groups excluding tert-OH is 2. The van der Waals surface area contributed by atoms with Crippen molar-refractivity contribution in [2.45, 2.75) is 33.0 Å². The summed E-state index contributed by atoms with van der Waals surface area (Å²) >= 11 is 0. The van der Waals surface area contributed by atoms with Crippen LogP contribution in [0.25, 0.3) is 0 Å². The van der Waals surface area contributed by atoms with Crippen LogP contribution in [0.5, 0.6) is 0 Å². The van der Waals surface area contributed by atoms with Crippen LogP contribution < -0.4 is 0 Å². The van der Waals surface area contributed by atoms with Gasteiger partial charge in [0.05, 0.1) is 12.2 Å². The second-order valence-corrected chi connectivity index (χ2v) is 2.94. The molecule has 0 heterocycles. The molecule has 0 saturated carbocycles. The van der Waals surface area contributed by atoms with E-state index < -0.39 is 12.2 Å². The maximum atomic E-state index is 9.31. The maximum Gasteiger partial charge on any atom is 0.0795 e. The molecule has 0 saturated heterocycles. The van der Waals surface area contributed by atoms with Crippen molar-refractivity contribution in [3.63, 3.8) is 0 Å². The second-order valence-electron chi connectivity index (χ2n) is 2.94. The predicted octanol–water partition coefficient (Wildman–Crippen LogP) is 0.940. The lowest BCUT2D eigenvalue weighted by Gasteiger charge is -2.18. The summed E-state index contributed by atoms with van der Waals surface area (Å²) in [6.07, 6.45) is -1.20. The highest BCUT2D eigenvalue weighted by molar-refractivity contribution is 5.07. The smallest absolute Gasteiger partial charge is 0.0795 e. The summed E-state index contributed by atoms with van der Waals surface area (Å²) in [5, 5.41) is 18.3. The molecule has 2 nitrogen and oxygen atoms in total. The minimum absolute atomic E-state index is 0.127. The third kappa shape index (κ3) is 2.50. The van der Waals surface area contributed by atoms with Crippen molar-refractivity contribution in [3.05, 3.63) is 12.2 Å². The molecular formula is C8H16O2. The number of hydrogen-bond acceptors (Lipinski definition) is 2. The summed E-state index contributed by atoms with van der Waals surface area (Å²) in [6, 6.07) is 0. The Morgan fingerprint density at radius 1 is 1.20 bits per heavy atom. The third-order valence-corrected chi connectivity index (χ3v) is 1.55. The van der Waals surface area contributed by atoms with Crippen molar-refractivity contribution >= 4 is 0 Å². The molecule has 0 aromatic heterocycles. The molecular weight excluding hydrogens is 128 g/mol. The van der Waals surface area contributed by atoms with E-state index in [-0.39, 0.29) is 5.92 Å². The van der Waals surface area contributed by atoms with Crippen molar-refractivity contribution in [1.82, 2.24) is 0 Å². The van der Waals surface area contributed by atoms with Gasteiger partial charge in [0.1, 0.15) is 0 Å². The summed E-state index contributed by atoms with van der Waals surface area (Å²) in [4.78, 5) is 0. The van der Waals surface area contributed by atoms with Gasteiger partial charge in [0, 0.05) is 0 Å². The van der Waals surface area contributed by atoms with E-state index in [9.17, 15) is 5.11 Å². The van der Waals surface area contributed by atoms with E-state index in [4.69, 9.17) is 5.11 Å². The van der Waals surface area contributed by atoms with Gasteiger partial charge >= 0.3 is 0 Å². The maximum absolute atomic E-state index is 9.31. The fourth-order valence-corrected chi connectivity index (χ4v) is 0.675. The molecule has 0 aliphatic heterocycles. The highest BCUT2D eigenvalue weighted by Crippen LogP contribution is 2.12. The van der Waals surface area contributed by atoms with Crippen molar-refractivity contribution in [3.8, 4) is 0 Å². The monoisotopic (exact) mass is 144 g/mol. The zero-order chi connectivity index (χ0) is 8.31. The van der Waals surface area contributed by atoms with E-state index in [2.05, 4.69) is 6.58 Å². The average Bonchev–Trinajstić information content (AvgIpc) is 1.84. The lowest BCUT2D eigenvalue weighted by atomic mass is 9.97. The first-order valence-electron chi connectivity index (χ1n) is 3.51. The third-order valence-electron chi connectivity index (χ3n) is 1.55. The van der Waals surface area contributed by atoms with E-state index in [1.54, 1.807) is 6.92 Å². The molecule has 0 rings (SSSR count). The van der Waals surface area contributed by atoms with Crippen molar-refractivity contribution in [2.75, 3.05) is 0 Å². The fraction of sp³-hybridized carbons (Fsp3) is 0.750. The first-order chi connectivity index (χ1) is 4.46. The zero-order valence-corrected chi connectivity index (χ0v) is 6.83. The first kappa shape index (κ1) is 9.66. The zero-order valence-electron chi connectivity index (χ0n) is 6.83. The lowest BCUT2D eigenvalue weighted by molar-refractivity contribution is 0.121. The molecule has 2 N–H and O–H groups in total. The number of hydrogen-bond donors (Lipinski definition) is 2. The van der Waals surface area contributed by atoms with Crippen LogP contribution in [-0.2, 0) is 0 Å². The molecule has 0 unspecified atom stereocenters. The van der Waals surface area contributed by atoms with Crippen LogP contribution in [-0.4, -0.2) is 22.4 Å². The van der Waals surface area contributed by atoms with Gasteiger partial charge in [-0.05, 0) is 18.4 Å². The molecule has 0 aromatic carbocycles. The minimum Gasteiger partial charge on any atom is -0.389 e. The van der Waals surface area contributed by atoms with Gasteiger partial charge in [-0.2, -0.15) is 0 Å². The number of rotatable bonds is 3. The van der Waals surface area contributed by atoms with Crippen LogP contribution in [0.1, 0.15) is 20.8 Å². The van der Waals surface area contributed by atoms with Crippen LogP contribution in [0.2, 0.25) is 0 Å². The van der Waals surface area contributed by atoms with Crippen molar-refractivity contribution in [1.29, 1.82) is 0 Å². The van der Waals surface area contributed by atoms with E-state index >= 15 is 0 Å². The van der Waals surface area contributed by atoms with E-state index in [0.29, 0.717) is 5.57 Å². The van der Waals surface area contributed by atoms with Gasteiger partial charge < -0.3 is 10.2 Å². The minimum atomic E-state index is -0.614. The summed E-state index contributed by atoms with van der Waals surface area (Å²) in [6.45, 7) is 8.95. The van der Waals surface area contributed by atoms with Gasteiger partial charge in [-0.3, -0.25) is 0 Å². The van der Waals surface area contributed by atoms with Gasteiger partial charge in [-0.25, -0.2) is 0 Å². The van der Waals surface area contributed by atoms with Gasteiger partial charge in [-0.1, -0.05) is 20.4 Å². The Kier molecular flexibility index (Phi) is 3.61. The Hall–Kier alpha value is -0.340. The molecule has 0 amide bonds. The molecule has 0 spiro atoms. The largest absolute Gasteiger partial charge is 0.389 e. The summed E-state index contributed by atoms with van der Waals surface area (Å²) < 4.78 is 0. The summed E-state index contributed by atoms with van der Waals surface area (Å²) in [7, 11) is 0. The van der Waals surface area contributed by atoms with Gasteiger partial charge in [-0.15, -0.1) is 0 Å². The van der Waals surface area contributed by atoms with E-state index in [0.717, 1.165) is 0 Å². The molecule has 0 bridgehead atoms. The Bertz CT molecular complexity index is 116. The normalized spacial score (nSPS) is 17.0. The average molecular weight is 144 g/mol. The van der Waals surface area contributed by atoms with E-state index in [1.807, 2.05) is 13.8 Å². The van der Waals surface area contributed by atoms with Crippen LogP contribution in [0.3, 0.4) is 0 Å². The molecule has 60 valence electrons. The van der Waals surface area contributed by atoms with Crippen molar-refractivity contribution < 1.29 is 10.2 Å². The van der Waals surface area contributed by atoms with Gasteiger partial charge in [0.15, 0.2) is 0 Å². The quantitative estimate of drug-likeness (QED) is 0.579. The van der Waals surface area contributed by atoms with Gasteiger partial charge in [0.2, 0.25) is 0 Å². The highest BCUT2D eigenvalue weighted by atomic mass is 16.3. The summed E-state index contributed by atoms with van der Waals surface area (Å²) in [5.74, 6) is 0.127.